The van der Waals surface area contributed by atoms with Crippen LogP contribution in [-0.4, -0.2) is 35.4 Å². The first-order valence-electron chi connectivity index (χ1n) is 8.75. The van der Waals surface area contributed by atoms with Crippen LogP contribution in [-0.2, 0) is 9.59 Å². The molecule has 2 heterocycles. The van der Waals surface area contributed by atoms with Crippen LogP contribution < -0.4 is 21.1 Å². The number of hydrogen-bond acceptors (Lipinski definition) is 6. The fraction of sp³-hybridized carbons (Fsp3) is 0.211. The highest BCUT2D eigenvalue weighted by Gasteiger charge is 2.42. The zero-order valence-electron chi connectivity index (χ0n) is 14.8. The summed E-state index contributed by atoms with van der Waals surface area (Å²) in [5, 5.41) is 3.17. The lowest BCUT2D eigenvalue weighted by molar-refractivity contribution is -0.121. The number of aliphatic imine (C=N–C) groups is 1. The molecule has 1 fully saturated rings. The summed E-state index contributed by atoms with van der Waals surface area (Å²) in [6.07, 6.45) is -0.352. The maximum absolute atomic E-state index is 13.0. The molecule has 0 spiro atoms. The lowest BCUT2D eigenvalue weighted by atomic mass is 10.1. The molecule has 2 amide bonds. The quantitative estimate of drug-likeness (QED) is 0.732. The van der Waals surface area contributed by atoms with Gasteiger partial charge >= 0.3 is 0 Å². The Hall–Kier alpha value is -2.75. The molecule has 7 nitrogen and oxygen atoms in total. The van der Waals surface area contributed by atoms with Gasteiger partial charge in [-0.1, -0.05) is 30.0 Å². The fourth-order valence-corrected chi connectivity index (χ4v) is 3.89. The van der Waals surface area contributed by atoms with Crippen molar-refractivity contribution in [3.8, 4) is 0 Å². The molecule has 3 N–H and O–H groups in total. The van der Waals surface area contributed by atoms with Crippen molar-refractivity contribution in [2.45, 2.75) is 6.17 Å². The Bertz CT molecular complexity index is 906. The molecule has 2 aromatic rings. The van der Waals surface area contributed by atoms with Crippen LogP contribution in [0.15, 0.2) is 59.6 Å². The number of hydrazine groups is 1. The standard InChI is InChI=1S/C19H18FN5O2S/c20-12-6-8-13(9-7-12)22-16(26)11-28-19-23-17-15(10-21-24-17)18(27)25(19)14-4-2-1-3-5-14/h1-9,15,17,21,24H,10-11H2,(H,22,26). The van der Waals surface area contributed by atoms with Crippen molar-refractivity contribution in [1.29, 1.82) is 0 Å². The second-order valence-electron chi connectivity index (χ2n) is 6.34. The van der Waals surface area contributed by atoms with Crippen molar-refractivity contribution < 1.29 is 14.0 Å². The van der Waals surface area contributed by atoms with Crippen LogP contribution in [0.5, 0.6) is 0 Å². The number of rotatable bonds is 4. The van der Waals surface area contributed by atoms with Gasteiger partial charge in [0.25, 0.3) is 0 Å². The molecule has 4 rings (SSSR count). The summed E-state index contributed by atoms with van der Waals surface area (Å²) in [4.78, 5) is 31.5. The van der Waals surface area contributed by atoms with Gasteiger partial charge in [0.05, 0.1) is 17.4 Å². The van der Waals surface area contributed by atoms with Gasteiger partial charge in [0.1, 0.15) is 12.0 Å². The molecule has 9 heteroatoms. The third kappa shape index (κ3) is 3.91. The molecule has 0 aromatic heterocycles. The SMILES string of the molecule is O=C(CSC1=NC2NNCC2C(=O)N1c1ccccc1)Nc1ccc(F)cc1. The van der Waals surface area contributed by atoms with Crippen LogP contribution in [0.4, 0.5) is 15.8 Å². The van der Waals surface area contributed by atoms with Crippen LogP contribution >= 0.6 is 11.8 Å². The largest absolute Gasteiger partial charge is 0.325 e. The molecule has 2 aliphatic rings. The average molecular weight is 399 g/mol. The highest BCUT2D eigenvalue weighted by Crippen LogP contribution is 2.29. The Morgan fingerprint density at radius 1 is 1.21 bits per heavy atom. The molecule has 0 saturated carbocycles. The second kappa shape index (κ2) is 8.09. The molecular formula is C19H18FN5O2S. The predicted octanol–water partition coefficient (Wildman–Crippen LogP) is 1.95. The number of para-hydroxylation sites is 1. The molecular weight excluding hydrogens is 381 g/mol. The Morgan fingerprint density at radius 2 is 1.96 bits per heavy atom. The van der Waals surface area contributed by atoms with Crippen molar-refractivity contribution in [2.24, 2.45) is 10.9 Å². The molecule has 144 valence electrons. The molecule has 1 saturated heterocycles. The predicted molar refractivity (Wildman–Crippen MR) is 107 cm³/mol. The summed E-state index contributed by atoms with van der Waals surface area (Å²) in [7, 11) is 0. The molecule has 0 bridgehead atoms. The van der Waals surface area contributed by atoms with E-state index < -0.39 is 0 Å². The molecule has 28 heavy (non-hydrogen) atoms. The van der Waals surface area contributed by atoms with E-state index in [1.807, 2.05) is 30.3 Å². The third-order valence-electron chi connectivity index (χ3n) is 4.41. The Balaban J connectivity index is 1.49. The van der Waals surface area contributed by atoms with Gasteiger partial charge in [-0.05, 0) is 36.4 Å². The number of hydrogen-bond donors (Lipinski definition) is 3. The van der Waals surface area contributed by atoms with E-state index in [9.17, 15) is 14.0 Å². The second-order valence-corrected chi connectivity index (χ2v) is 7.28. The Kier molecular flexibility index (Phi) is 5.38. The Morgan fingerprint density at radius 3 is 2.71 bits per heavy atom. The molecule has 2 atom stereocenters. The van der Waals surface area contributed by atoms with E-state index in [2.05, 4.69) is 21.2 Å². The van der Waals surface area contributed by atoms with E-state index in [1.165, 1.54) is 36.0 Å². The molecule has 2 aliphatic heterocycles. The number of amidine groups is 1. The van der Waals surface area contributed by atoms with Crippen molar-refractivity contribution in [3.63, 3.8) is 0 Å². The number of fused-ring (bicyclic) bond motifs is 1. The summed E-state index contributed by atoms with van der Waals surface area (Å²) in [6, 6.07) is 14.8. The zero-order valence-corrected chi connectivity index (χ0v) is 15.6. The van der Waals surface area contributed by atoms with Crippen LogP contribution in [0.25, 0.3) is 0 Å². The highest BCUT2D eigenvalue weighted by atomic mass is 32.2. The van der Waals surface area contributed by atoms with Gasteiger partial charge in [-0.2, -0.15) is 0 Å². The smallest absolute Gasteiger partial charge is 0.241 e. The minimum atomic E-state index is -0.367. The van der Waals surface area contributed by atoms with Gasteiger partial charge in [0, 0.05) is 12.2 Å². The molecule has 2 unspecified atom stereocenters. The first kappa shape index (κ1) is 18.6. The van der Waals surface area contributed by atoms with Crippen LogP contribution in [0.2, 0.25) is 0 Å². The van der Waals surface area contributed by atoms with E-state index in [0.717, 1.165) is 0 Å². The summed E-state index contributed by atoms with van der Waals surface area (Å²) in [5.41, 5.74) is 7.18. The van der Waals surface area contributed by atoms with E-state index in [0.29, 0.717) is 23.1 Å². The van der Waals surface area contributed by atoms with Gasteiger partial charge in [0.15, 0.2) is 5.17 Å². The van der Waals surface area contributed by atoms with Crippen molar-refractivity contribution >= 4 is 40.1 Å². The number of anilines is 2. The third-order valence-corrected chi connectivity index (χ3v) is 5.36. The van der Waals surface area contributed by atoms with Crippen molar-refractivity contribution in [2.75, 3.05) is 22.5 Å². The Labute approximate surface area is 165 Å². The minimum absolute atomic E-state index is 0.0647. The first-order chi connectivity index (χ1) is 13.6. The van der Waals surface area contributed by atoms with Crippen LogP contribution in [0, 0.1) is 11.7 Å². The number of amides is 2. The van der Waals surface area contributed by atoms with Gasteiger partial charge < -0.3 is 5.32 Å². The molecule has 2 aromatic carbocycles. The normalized spacial score (nSPS) is 21.2. The monoisotopic (exact) mass is 399 g/mol. The summed E-state index contributed by atoms with van der Waals surface area (Å²) < 4.78 is 13.0. The van der Waals surface area contributed by atoms with Crippen molar-refractivity contribution in [1.82, 2.24) is 10.9 Å². The maximum atomic E-state index is 13.0. The van der Waals surface area contributed by atoms with E-state index in [-0.39, 0.29) is 35.5 Å². The topological polar surface area (TPSA) is 85.8 Å². The molecule has 0 aliphatic carbocycles. The molecule has 0 radical (unpaired) electrons. The number of benzene rings is 2. The summed E-state index contributed by atoms with van der Waals surface area (Å²) in [5.74, 6) is -0.923. The van der Waals surface area contributed by atoms with Gasteiger partial charge in [-0.25, -0.2) is 14.8 Å². The van der Waals surface area contributed by atoms with Gasteiger partial charge in [0.2, 0.25) is 11.8 Å². The van der Waals surface area contributed by atoms with E-state index in [4.69, 9.17) is 0 Å². The fourth-order valence-electron chi connectivity index (χ4n) is 3.04. The number of halogens is 1. The van der Waals surface area contributed by atoms with Gasteiger partial charge in [-0.3, -0.25) is 19.9 Å². The van der Waals surface area contributed by atoms with Crippen LogP contribution in [0.3, 0.4) is 0 Å². The summed E-state index contributed by atoms with van der Waals surface area (Å²) >= 11 is 1.18. The number of carbonyl (C=O) groups excluding carboxylic acids is 2. The number of thioether (sulfide) groups is 1. The van der Waals surface area contributed by atoms with Gasteiger partial charge in [-0.15, -0.1) is 0 Å². The lowest BCUT2D eigenvalue weighted by Crippen LogP contribution is -2.49. The number of nitrogens with one attached hydrogen (secondary N) is 3. The van der Waals surface area contributed by atoms with Crippen molar-refractivity contribution in [3.05, 3.63) is 60.4 Å². The maximum Gasteiger partial charge on any atom is 0.241 e. The lowest BCUT2D eigenvalue weighted by Gasteiger charge is -2.32. The zero-order chi connectivity index (χ0) is 19.5. The van der Waals surface area contributed by atoms with Crippen LogP contribution in [0.1, 0.15) is 0 Å². The summed E-state index contributed by atoms with van der Waals surface area (Å²) in [6.45, 7) is 0.499. The van der Waals surface area contributed by atoms with E-state index in [1.54, 1.807) is 4.90 Å². The number of carbonyl (C=O) groups is 2. The highest BCUT2D eigenvalue weighted by molar-refractivity contribution is 8.14. The van der Waals surface area contributed by atoms with E-state index >= 15 is 0 Å². The number of nitrogens with zero attached hydrogens (tertiary/aromatic N) is 2. The first-order valence-corrected chi connectivity index (χ1v) is 9.74. The minimum Gasteiger partial charge on any atom is -0.325 e. The average Bonchev–Trinajstić information content (AvgIpc) is 3.18.